The van der Waals surface area contributed by atoms with Crippen molar-refractivity contribution in [3.05, 3.63) is 46.1 Å². The van der Waals surface area contributed by atoms with E-state index in [1.807, 2.05) is 24.9 Å². The van der Waals surface area contributed by atoms with E-state index in [1.165, 1.54) is 19.4 Å². The Morgan fingerprint density at radius 3 is 2.73 bits per heavy atom. The summed E-state index contributed by atoms with van der Waals surface area (Å²) in [5.74, 6) is 1.47. The molecule has 0 amide bonds. The van der Waals surface area contributed by atoms with Gasteiger partial charge in [0.2, 0.25) is 5.96 Å². The highest BCUT2D eigenvalue weighted by Gasteiger charge is 2.19. The summed E-state index contributed by atoms with van der Waals surface area (Å²) in [5.41, 5.74) is 2.84. The van der Waals surface area contributed by atoms with E-state index >= 15 is 0 Å². The molecule has 1 unspecified atom stereocenters. The van der Waals surface area contributed by atoms with Gasteiger partial charge >= 0.3 is 0 Å². The third kappa shape index (κ3) is 5.78. The second-order valence-corrected chi connectivity index (χ2v) is 8.41. The Kier molecular flexibility index (Phi) is 7.81. The Hall–Kier alpha value is -2.02. The van der Waals surface area contributed by atoms with Crippen molar-refractivity contribution in [3.8, 4) is 0 Å². The lowest BCUT2D eigenvalue weighted by Gasteiger charge is -2.33. The number of rotatable bonds is 5. The quantitative estimate of drug-likeness (QED) is 0.490. The highest BCUT2D eigenvalue weighted by atomic mass is 35.5. The number of aliphatic imine (C=N–C) groups is 1. The molecule has 2 aromatic rings. The summed E-state index contributed by atoms with van der Waals surface area (Å²) >= 11 is 12.2. The predicted molar refractivity (Wildman–Crippen MR) is 130 cm³/mol. The van der Waals surface area contributed by atoms with E-state index in [9.17, 15) is 0 Å². The Labute approximate surface area is 189 Å². The van der Waals surface area contributed by atoms with Crippen LogP contribution in [0.15, 0.2) is 35.3 Å². The molecular weight excluding hydrogens is 419 g/mol. The SMILES string of the molecule is CCN1CCCC(Nc2cc(C)nc(N(C)/C(=N/C)Nc3ccc(Cl)c(Cl)c3)c2)C1. The van der Waals surface area contributed by atoms with Gasteiger partial charge in [-0.25, -0.2) is 4.98 Å². The van der Waals surface area contributed by atoms with E-state index in [0.717, 1.165) is 36.0 Å². The molecule has 1 aliphatic rings. The summed E-state index contributed by atoms with van der Waals surface area (Å²) in [4.78, 5) is 13.5. The Morgan fingerprint density at radius 1 is 1.23 bits per heavy atom. The molecule has 2 N–H and O–H groups in total. The number of nitrogens with zero attached hydrogens (tertiary/aromatic N) is 4. The molecule has 0 saturated carbocycles. The lowest BCUT2D eigenvalue weighted by molar-refractivity contribution is 0.227. The second kappa shape index (κ2) is 10.3. The number of hydrogen-bond acceptors (Lipinski definition) is 4. The van der Waals surface area contributed by atoms with Crippen molar-refractivity contribution >= 4 is 46.4 Å². The van der Waals surface area contributed by atoms with Crippen molar-refractivity contribution in [1.82, 2.24) is 9.88 Å². The Morgan fingerprint density at radius 2 is 2.03 bits per heavy atom. The first-order valence-electron chi connectivity index (χ1n) is 10.3. The predicted octanol–water partition coefficient (Wildman–Crippen LogP) is 5.13. The van der Waals surface area contributed by atoms with Crippen LogP contribution in [0.1, 0.15) is 25.5 Å². The van der Waals surface area contributed by atoms with Crippen molar-refractivity contribution in [3.63, 3.8) is 0 Å². The highest BCUT2D eigenvalue weighted by molar-refractivity contribution is 6.42. The fourth-order valence-electron chi connectivity index (χ4n) is 3.70. The first-order chi connectivity index (χ1) is 14.4. The van der Waals surface area contributed by atoms with Crippen molar-refractivity contribution in [1.29, 1.82) is 0 Å². The molecule has 0 radical (unpaired) electrons. The molecule has 1 aromatic carbocycles. The first-order valence-corrected chi connectivity index (χ1v) is 11.1. The van der Waals surface area contributed by atoms with Crippen LogP contribution in [-0.2, 0) is 0 Å². The van der Waals surface area contributed by atoms with Crippen molar-refractivity contribution in [2.45, 2.75) is 32.7 Å². The molecule has 1 saturated heterocycles. The Balaban J connectivity index is 1.75. The number of piperidine rings is 1. The van der Waals surface area contributed by atoms with Crippen LogP contribution in [0.5, 0.6) is 0 Å². The molecule has 1 aromatic heterocycles. The molecule has 0 bridgehead atoms. The number of aromatic nitrogens is 1. The van der Waals surface area contributed by atoms with E-state index in [2.05, 4.69) is 39.6 Å². The van der Waals surface area contributed by atoms with E-state index in [-0.39, 0.29) is 0 Å². The van der Waals surface area contributed by atoms with Gasteiger partial charge in [-0.1, -0.05) is 30.1 Å². The van der Waals surface area contributed by atoms with Crippen LogP contribution in [0.4, 0.5) is 17.2 Å². The number of anilines is 3. The average Bonchev–Trinajstić information content (AvgIpc) is 2.73. The van der Waals surface area contributed by atoms with Gasteiger partial charge in [-0.15, -0.1) is 0 Å². The second-order valence-electron chi connectivity index (χ2n) is 7.59. The third-order valence-corrected chi connectivity index (χ3v) is 6.05. The number of likely N-dealkylation sites (N-methyl/N-ethyl adjacent to an activating group) is 1. The number of pyridine rings is 1. The number of benzene rings is 1. The molecule has 0 aliphatic carbocycles. The fourth-order valence-corrected chi connectivity index (χ4v) is 4.00. The molecule has 2 heterocycles. The molecule has 1 aliphatic heterocycles. The first kappa shape index (κ1) is 22.7. The van der Waals surface area contributed by atoms with E-state index in [0.29, 0.717) is 22.0 Å². The monoisotopic (exact) mass is 448 g/mol. The van der Waals surface area contributed by atoms with E-state index in [1.54, 1.807) is 19.2 Å². The highest BCUT2D eigenvalue weighted by Crippen LogP contribution is 2.26. The standard InChI is InChI=1S/C22H30Cl2N6/c1-5-30-10-6-7-17(14-30)27-18-11-15(2)26-21(13-18)29(4)22(25-3)28-16-8-9-19(23)20(24)12-16/h8-9,11-13,17H,5-7,10,14H2,1-4H3,(H,25,28)(H,26,27). The number of hydrogen-bond donors (Lipinski definition) is 2. The summed E-state index contributed by atoms with van der Waals surface area (Å²) in [7, 11) is 3.69. The fraction of sp³-hybridized carbons (Fsp3) is 0.455. The molecule has 162 valence electrons. The topological polar surface area (TPSA) is 55.8 Å². The normalized spacial score (nSPS) is 17.7. The smallest absolute Gasteiger partial charge is 0.203 e. The summed E-state index contributed by atoms with van der Waals surface area (Å²) in [5, 5.41) is 8.01. The molecule has 1 fully saturated rings. The zero-order valence-electron chi connectivity index (χ0n) is 18.0. The minimum Gasteiger partial charge on any atom is -0.381 e. The largest absolute Gasteiger partial charge is 0.381 e. The molecule has 8 heteroatoms. The van der Waals surface area contributed by atoms with Gasteiger partial charge < -0.3 is 15.5 Å². The number of likely N-dealkylation sites (tertiary alicyclic amines) is 1. The minimum absolute atomic E-state index is 0.451. The average molecular weight is 449 g/mol. The van der Waals surface area contributed by atoms with Gasteiger partial charge in [0.1, 0.15) is 5.82 Å². The summed E-state index contributed by atoms with van der Waals surface area (Å²) in [6.07, 6.45) is 2.41. The van der Waals surface area contributed by atoms with Crippen molar-refractivity contribution < 1.29 is 0 Å². The van der Waals surface area contributed by atoms with Crippen LogP contribution < -0.4 is 15.5 Å². The van der Waals surface area contributed by atoms with Gasteiger partial charge in [-0.2, -0.15) is 0 Å². The maximum absolute atomic E-state index is 6.14. The summed E-state index contributed by atoms with van der Waals surface area (Å²) in [6.45, 7) is 7.59. The van der Waals surface area contributed by atoms with E-state index in [4.69, 9.17) is 28.2 Å². The zero-order chi connectivity index (χ0) is 21.7. The molecule has 6 nitrogen and oxygen atoms in total. The summed E-state index contributed by atoms with van der Waals surface area (Å²) in [6, 6.07) is 10.0. The van der Waals surface area contributed by atoms with Crippen LogP contribution >= 0.6 is 23.2 Å². The molecule has 1 atom stereocenters. The molecule has 30 heavy (non-hydrogen) atoms. The van der Waals surface area contributed by atoms with Crippen molar-refractivity contribution in [2.75, 3.05) is 49.3 Å². The van der Waals surface area contributed by atoms with Gasteiger partial charge in [0.15, 0.2) is 0 Å². The number of guanidine groups is 1. The van der Waals surface area contributed by atoms with Crippen LogP contribution in [0.2, 0.25) is 10.0 Å². The lowest BCUT2D eigenvalue weighted by Crippen LogP contribution is -2.41. The van der Waals surface area contributed by atoms with Crippen LogP contribution in [-0.4, -0.2) is 55.6 Å². The minimum atomic E-state index is 0.451. The van der Waals surface area contributed by atoms with Gasteiger partial charge in [0.25, 0.3) is 0 Å². The third-order valence-electron chi connectivity index (χ3n) is 5.31. The van der Waals surface area contributed by atoms with E-state index < -0.39 is 0 Å². The maximum atomic E-state index is 6.14. The van der Waals surface area contributed by atoms with Gasteiger partial charge in [-0.05, 0) is 57.1 Å². The number of aryl methyl sites for hydroxylation is 1. The van der Waals surface area contributed by atoms with Crippen LogP contribution in [0.3, 0.4) is 0 Å². The van der Waals surface area contributed by atoms with Gasteiger partial charge in [0.05, 0.1) is 10.0 Å². The molecule has 0 spiro atoms. The van der Waals surface area contributed by atoms with Crippen LogP contribution in [0, 0.1) is 6.92 Å². The maximum Gasteiger partial charge on any atom is 0.203 e. The summed E-state index contributed by atoms with van der Waals surface area (Å²) < 4.78 is 0. The Bertz CT molecular complexity index is 901. The number of halogens is 2. The molecular formula is C22H30Cl2N6. The van der Waals surface area contributed by atoms with Gasteiger partial charge in [0, 0.05) is 49.8 Å². The lowest BCUT2D eigenvalue weighted by atomic mass is 10.1. The van der Waals surface area contributed by atoms with Crippen LogP contribution in [0.25, 0.3) is 0 Å². The zero-order valence-corrected chi connectivity index (χ0v) is 19.6. The van der Waals surface area contributed by atoms with Crippen molar-refractivity contribution in [2.24, 2.45) is 4.99 Å². The van der Waals surface area contributed by atoms with Gasteiger partial charge in [-0.3, -0.25) is 9.89 Å². The number of nitrogens with one attached hydrogen (secondary N) is 2. The molecule has 3 rings (SSSR count).